The van der Waals surface area contributed by atoms with E-state index in [4.69, 9.17) is 0 Å². The van der Waals surface area contributed by atoms with Gasteiger partial charge in [0.2, 0.25) is 0 Å². The zero-order chi connectivity index (χ0) is 13.4. The zero-order valence-corrected chi connectivity index (χ0v) is 12.2. The summed E-state index contributed by atoms with van der Waals surface area (Å²) in [6, 6.07) is 0. The minimum absolute atomic E-state index is 0. The Bertz CT molecular complexity index is 241. The van der Waals surface area contributed by atoms with Crippen LogP contribution >= 0.6 is 0 Å². The third kappa shape index (κ3) is 7.57. The molecule has 111 valence electrons. The van der Waals surface area contributed by atoms with Crippen LogP contribution in [0.25, 0.3) is 0 Å². The molecule has 0 aromatic rings. The Morgan fingerprint density at radius 1 is 0.632 bits per heavy atom. The average molecular weight is 313 g/mol. The SMILES string of the molecule is O=C([O-])C1CCCCC1.O=C([O-])C1CCCCC1.[Co+2]. The summed E-state index contributed by atoms with van der Waals surface area (Å²) in [7, 11) is 0. The van der Waals surface area contributed by atoms with Crippen LogP contribution < -0.4 is 10.2 Å². The fraction of sp³-hybridized carbons (Fsp3) is 0.857. The van der Waals surface area contributed by atoms with Crippen LogP contribution in [0.4, 0.5) is 0 Å². The summed E-state index contributed by atoms with van der Waals surface area (Å²) < 4.78 is 0. The Labute approximate surface area is 125 Å². The number of aliphatic carboxylic acids is 2. The normalized spacial score (nSPS) is 20.6. The molecule has 0 amide bonds. The van der Waals surface area contributed by atoms with Crippen LogP contribution in [0.15, 0.2) is 0 Å². The molecular weight excluding hydrogens is 291 g/mol. The average Bonchev–Trinajstić information content (AvgIpc) is 2.41. The molecule has 5 heteroatoms. The molecule has 0 bridgehead atoms. The minimum Gasteiger partial charge on any atom is -0.550 e. The van der Waals surface area contributed by atoms with E-state index in [9.17, 15) is 19.8 Å². The molecule has 0 aromatic heterocycles. The molecule has 0 spiro atoms. The maximum Gasteiger partial charge on any atom is 2.00 e. The van der Waals surface area contributed by atoms with Crippen LogP contribution in [-0.2, 0) is 26.4 Å². The molecular formula is C14H22CoO4. The molecule has 2 rings (SSSR count). The summed E-state index contributed by atoms with van der Waals surface area (Å²) >= 11 is 0. The van der Waals surface area contributed by atoms with Crippen molar-refractivity contribution in [2.75, 3.05) is 0 Å². The molecule has 2 aliphatic carbocycles. The molecule has 1 radical (unpaired) electrons. The van der Waals surface area contributed by atoms with Gasteiger partial charge in [0.25, 0.3) is 0 Å². The van der Waals surface area contributed by atoms with Gasteiger partial charge in [-0.1, -0.05) is 38.5 Å². The van der Waals surface area contributed by atoms with Gasteiger partial charge in [0.05, 0.1) is 0 Å². The van der Waals surface area contributed by atoms with Crippen LogP contribution in [0.5, 0.6) is 0 Å². The summed E-state index contributed by atoms with van der Waals surface area (Å²) in [5, 5.41) is 20.5. The number of hydrogen-bond donors (Lipinski definition) is 0. The van der Waals surface area contributed by atoms with Crippen LogP contribution in [0.1, 0.15) is 64.2 Å². The van der Waals surface area contributed by atoms with E-state index in [1.165, 1.54) is 12.8 Å². The third-order valence-corrected chi connectivity index (χ3v) is 3.88. The van der Waals surface area contributed by atoms with Crippen molar-refractivity contribution in [2.24, 2.45) is 11.8 Å². The van der Waals surface area contributed by atoms with Crippen LogP contribution in [0, 0.1) is 11.8 Å². The van der Waals surface area contributed by atoms with Gasteiger partial charge >= 0.3 is 16.8 Å². The largest absolute Gasteiger partial charge is 2.00 e. The van der Waals surface area contributed by atoms with Gasteiger partial charge in [-0.25, -0.2) is 0 Å². The summed E-state index contributed by atoms with van der Waals surface area (Å²) in [4.78, 5) is 20.5. The van der Waals surface area contributed by atoms with Gasteiger partial charge in [-0.3, -0.25) is 0 Å². The molecule has 0 unspecified atom stereocenters. The Kier molecular flexibility index (Phi) is 9.96. The first-order chi connectivity index (χ1) is 8.61. The van der Waals surface area contributed by atoms with Crippen LogP contribution in [0.2, 0.25) is 0 Å². The van der Waals surface area contributed by atoms with E-state index in [0.717, 1.165) is 51.4 Å². The quantitative estimate of drug-likeness (QED) is 0.749. The maximum absolute atomic E-state index is 10.2. The summed E-state index contributed by atoms with van der Waals surface area (Å²) in [5.41, 5.74) is 0. The van der Waals surface area contributed by atoms with Gasteiger partial charge < -0.3 is 19.8 Å². The van der Waals surface area contributed by atoms with Crippen molar-refractivity contribution in [3.8, 4) is 0 Å². The summed E-state index contributed by atoms with van der Waals surface area (Å²) in [6.45, 7) is 0. The molecule has 2 fully saturated rings. The van der Waals surface area contributed by atoms with Gasteiger partial charge in [0, 0.05) is 11.9 Å². The van der Waals surface area contributed by atoms with Crippen LogP contribution in [0.3, 0.4) is 0 Å². The van der Waals surface area contributed by atoms with Crippen molar-refractivity contribution >= 4 is 11.9 Å². The number of carbonyl (C=O) groups excluding carboxylic acids is 2. The van der Waals surface area contributed by atoms with E-state index < -0.39 is 11.9 Å². The maximum atomic E-state index is 10.2. The molecule has 4 nitrogen and oxygen atoms in total. The van der Waals surface area contributed by atoms with E-state index in [-0.39, 0.29) is 28.6 Å². The molecule has 0 heterocycles. The molecule has 19 heavy (non-hydrogen) atoms. The van der Waals surface area contributed by atoms with Crippen molar-refractivity contribution < 1.29 is 36.6 Å². The molecule has 0 N–H and O–H groups in total. The number of hydrogen-bond acceptors (Lipinski definition) is 4. The van der Waals surface area contributed by atoms with Crippen molar-refractivity contribution in [3.63, 3.8) is 0 Å². The second-order valence-corrected chi connectivity index (χ2v) is 5.31. The first kappa shape index (κ1) is 18.4. The summed E-state index contributed by atoms with van der Waals surface area (Å²) in [5.74, 6) is -1.98. The molecule has 0 saturated heterocycles. The van der Waals surface area contributed by atoms with Crippen molar-refractivity contribution in [1.82, 2.24) is 0 Å². The molecule has 2 saturated carbocycles. The van der Waals surface area contributed by atoms with Crippen molar-refractivity contribution in [3.05, 3.63) is 0 Å². The van der Waals surface area contributed by atoms with E-state index in [1.54, 1.807) is 0 Å². The number of carboxylic acids is 2. The fourth-order valence-corrected chi connectivity index (χ4v) is 2.68. The first-order valence-electron chi connectivity index (χ1n) is 7.03. The zero-order valence-electron chi connectivity index (χ0n) is 11.2. The second-order valence-electron chi connectivity index (χ2n) is 5.31. The van der Waals surface area contributed by atoms with Gasteiger partial charge in [0.1, 0.15) is 0 Å². The number of carboxylic acid groups (broad SMARTS) is 2. The third-order valence-electron chi connectivity index (χ3n) is 3.88. The van der Waals surface area contributed by atoms with E-state index in [0.29, 0.717) is 0 Å². The molecule has 0 aromatic carbocycles. The Morgan fingerprint density at radius 2 is 0.895 bits per heavy atom. The predicted octanol–water partition coefficient (Wildman–Crippen LogP) is 0.631. The topological polar surface area (TPSA) is 80.3 Å². The number of rotatable bonds is 2. The fourth-order valence-electron chi connectivity index (χ4n) is 2.68. The Morgan fingerprint density at radius 3 is 1.05 bits per heavy atom. The van der Waals surface area contributed by atoms with E-state index in [1.807, 2.05) is 0 Å². The standard InChI is InChI=1S/2C7H12O2.Co/c2*8-7(9)6-4-2-1-3-5-6;/h2*6H,1-5H2,(H,8,9);/q;;+2/p-2. The molecule has 0 atom stereocenters. The minimum atomic E-state index is -0.852. The first-order valence-corrected chi connectivity index (χ1v) is 7.03. The van der Waals surface area contributed by atoms with Crippen LogP contribution in [-0.4, -0.2) is 11.9 Å². The molecule has 0 aliphatic heterocycles. The van der Waals surface area contributed by atoms with E-state index >= 15 is 0 Å². The van der Waals surface area contributed by atoms with Gasteiger partial charge in [-0.2, -0.15) is 0 Å². The second kappa shape index (κ2) is 10.3. The molecule has 2 aliphatic rings. The van der Waals surface area contributed by atoms with Gasteiger partial charge in [-0.15, -0.1) is 0 Å². The summed E-state index contributed by atoms with van der Waals surface area (Å²) in [6.07, 6.45) is 10.0. The monoisotopic (exact) mass is 313 g/mol. The van der Waals surface area contributed by atoms with Crippen molar-refractivity contribution in [1.29, 1.82) is 0 Å². The van der Waals surface area contributed by atoms with Crippen molar-refractivity contribution in [2.45, 2.75) is 64.2 Å². The van der Waals surface area contributed by atoms with Gasteiger partial charge in [0.15, 0.2) is 0 Å². The number of carbonyl (C=O) groups is 2. The smallest absolute Gasteiger partial charge is 0.550 e. The Hall–Kier alpha value is -0.554. The van der Waals surface area contributed by atoms with E-state index in [2.05, 4.69) is 0 Å². The predicted molar refractivity (Wildman–Crippen MR) is 63.2 cm³/mol. The Balaban J connectivity index is 0.000000324. The van der Waals surface area contributed by atoms with Gasteiger partial charge in [-0.05, 0) is 37.5 Å².